The number of nitrogens with zero attached hydrogens (tertiary/aromatic N) is 2. The van der Waals surface area contributed by atoms with Gasteiger partial charge in [0.2, 0.25) is 0 Å². The minimum Gasteiger partial charge on any atom is -0.507 e. The SMILES string of the molecule is COc1ccc(C2Nc3ccccc3-c3ccnn4ccc2c34)c(O)c1. The molecule has 4 aromatic rings. The maximum absolute atomic E-state index is 10.6. The molecule has 26 heavy (non-hydrogen) atoms. The van der Waals surface area contributed by atoms with Crippen LogP contribution < -0.4 is 10.1 Å². The van der Waals surface area contributed by atoms with Crippen molar-refractivity contribution in [1.29, 1.82) is 0 Å². The van der Waals surface area contributed by atoms with E-state index in [2.05, 4.69) is 28.6 Å². The predicted octanol–water partition coefficient (Wildman–Crippen LogP) is 4.23. The predicted molar refractivity (Wildman–Crippen MR) is 101 cm³/mol. The summed E-state index contributed by atoms with van der Waals surface area (Å²) in [6, 6.07) is 17.5. The topological polar surface area (TPSA) is 58.8 Å². The van der Waals surface area contributed by atoms with Crippen LogP contribution in [0.25, 0.3) is 16.6 Å². The number of fused-ring (bicyclic) bond motifs is 2. The van der Waals surface area contributed by atoms with Gasteiger partial charge in [0.1, 0.15) is 11.5 Å². The van der Waals surface area contributed by atoms with Crippen LogP contribution in [0.4, 0.5) is 5.69 Å². The lowest BCUT2D eigenvalue weighted by Crippen LogP contribution is -2.11. The highest BCUT2D eigenvalue weighted by Gasteiger charge is 2.27. The first-order chi connectivity index (χ1) is 12.8. The van der Waals surface area contributed by atoms with Crippen molar-refractivity contribution in [3.8, 4) is 22.6 Å². The van der Waals surface area contributed by atoms with Crippen molar-refractivity contribution in [3.63, 3.8) is 0 Å². The molecular formula is C21H17N3O2. The van der Waals surface area contributed by atoms with Gasteiger partial charge in [-0.15, -0.1) is 0 Å². The fourth-order valence-corrected chi connectivity index (χ4v) is 3.74. The first kappa shape index (κ1) is 14.8. The summed E-state index contributed by atoms with van der Waals surface area (Å²) in [6.45, 7) is 0. The van der Waals surface area contributed by atoms with Crippen molar-refractivity contribution in [2.24, 2.45) is 0 Å². The van der Waals surface area contributed by atoms with Crippen molar-refractivity contribution in [2.75, 3.05) is 12.4 Å². The summed E-state index contributed by atoms with van der Waals surface area (Å²) in [4.78, 5) is 0. The van der Waals surface area contributed by atoms with Crippen LogP contribution in [-0.4, -0.2) is 21.8 Å². The standard InChI is InChI=1S/C21H17N3O2/c1-26-13-6-7-16(19(25)12-13)20-17-9-11-24-21(17)15(8-10-22-24)14-4-2-3-5-18(14)23-20/h2-12,20,23,25H,1H3. The lowest BCUT2D eigenvalue weighted by atomic mass is 9.98. The van der Waals surface area contributed by atoms with Crippen LogP contribution in [0.3, 0.4) is 0 Å². The molecule has 0 saturated carbocycles. The third-order valence-corrected chi connectivity index (χ3v) is 4.96. The number of hydrogen-bond donors (Lipinski definition) is 2. The molecular weight excluding hydrogens is 326 g/mol. The number of aromatic nitrogens is 2. The Morgan fingerprint density at radius 1 is 1.04 bits per heavy atom. The van der Waals surface area contributed by atoms with E-state index in [0.717, 1.165) is 33.5 Å². The lowest BCUT2D eigenvalue weighted by molar-refractivity contribution is 0.406. The van der Waals surface area contributed by atoms with Gasteiger partial charge in [-0.25, -0.2) is 4.52 Å². The van der Waals surface area contributed by atoms with Crippen molar-refractivity contribution in [2.45, 2.75) is 6.04 Å². The van der Waals surface area contributed by atoms with Crippen LogP contribution in [-0.2, 0) is 0 Å². The van der Waals surface area contributed by atoms with Gasteiger partial charge in [-0.2, -0.15) is 5.10 Å². The fraction of sp³-hybridized carbons (Fsp3) is 0.0952. The first-order valence-corrected chi connectivity index (χ1v) is 8.45. The van der Waals surface area contributed by atoms with Gasteiger partial charge >= 0.3 is 0 Å². The molecule has 5 nitrogen and oxygen atoms in total. The molecule has 3 heterocycles. The van der Waals surface area contributed by atoms with Gasteiger partial charge in [0.25, 0.3) is 0 Å². The molecule has 2 aromatic heterocycles. The Balaban J connectivity index is 1.80. The molecule has 0 radical (unpaired) electrons. The van der Waals surface area contributed by atoms with Gasteiger partial charge in [0.15, 0.2) is 0 Å². The van der Waals surface area contributed by atoms with Crippen LogP contribution in [0.15, 0.2) is 67.0 Å². The number of phenolic OH excluding ortho intramolecular Hbond substituents is 1. The monoisotopic (exact) mass is 343 g/mol. The molecule has 5 heteroatoms. The number of hydrogen-bond acceptors (Lipinski definition) is 4. The average molecular weight is 343 g/mol. The van der Waals surface area contributed by atoms with Crippen LogP contribution in [0.2, 0.25) is 0 Å². The number of phenols is 1. The Bertz CT molecular complexity index is 1130. The highest BCUT2D eigenvalue weighted by molar-refractivity contribution is 5.92. The van der Waals surface area contributed by atoms with Crippen molar-refractivity contribution < 1.29 is 9.84 Å². The fourth-order valence-electron chi connectivity index (χ4n) is 3.74. The number of aromatic hydroxyl groups is 1. The minimum atomic E-state index is -0.197. The highest BCUT2D eigenvalue weighted by atomic mass is 16.5. The van der Waals surface area contributed by atoms with Gasteiger partial charge in [-0.05, 0) is 30.3 Å². The third-order valence-electron chi connectivity index (χ3n) is 4.96. The Morgan fingerprint density at radius 3 is 2.77 bits per heavy atom. The van der Waals surface area contributed by atoms with Gasteiger partial charge in [-0.3, -0.25) is 0 Å². The molecule has 1 atom stereocenters. The number of para-hydroxylation sites is 1. The van der Waals surface area contributed by atoms with E-state index in [-0.39, 0.29) is 11.8 Å². The van der Waals surface area contributed by atoms with E-state index in [0.29, 0.717) is 5.75 Å². The van der Waals surface area contributed by atoms with Crippen molar-refractivity contribution in [1.82, 2.24) is 9.61 Å². The summed E-state index contributed by atoms with van der Waals surface area (Å²) in [6.07, 6.45) is 3.77. The largest absolute Gasteiger partial charge is 0.507 e. The Kier molecular flexibility index (Phi) is 3.15. The second kappa shape index (κ2) is 5.52. The summed E-state index contributed by atoms with van der Waals surface area (Å²) in [5.74, 6) is 0.829. The zero-order valence-corrected chi connectivity index (χ0v) is 14.2. The molecule has 1 aliphatic rings. The van der Waals surface area contributed by atoms with Gasteiger partial charge < -0.3 is 15.2 Å². The number of rotatable bonds is 2. The summed E-state index contributed by atoms with van der Waals surface area (Å²) in [5, 5.41) is 18.7. The molecule has 128 valence electrons. The van der Waals surface area contributed by atoms with Gasteiger partial charge in [0, 0.05) is 46.4 Å². The second-order valence-corrected chi connectivity index (χ2v) is 6.36. The molecule has 0 aliphatic carbocycles. The summed E-state index contributed by atoms with van der Waals surface area (Å²) >= 11 is 0. The summed E-state index contributed by atoms with van der Waals surface area (Å²) < 4.78 is 7.11. The van der Waals surface area contributed by atoms with E-state index in [4.69, 9.17) is 4.74 Å². The summed E-state index contributed by atoms with van der Waals surface area (Å²) in [5.41, 5.74) is 6.19. The van der Waals surface area contributed by atoms with E-state index in [1.165, 1.54) is 0 Å². The number of ether oxygens (including phenoxy) is 1. The van der Waals surface area contributed by atoms with E-state index in [1.807, 2.05) is 47.2 Å². The first-order valence-electron chi connectivity index (χ1n) is 8.45. The smallest absolute Gasteiger partial charge is 0.124 e. The Labute approximate surface area is 150 Å². The highest BCUT2D eigenvalue weighted by Crippen LogP contribution is 2.44. The van der Waals surface area contributed by atoms with E-state index >= 15 is 0 Å². The van der Waals surface area contributed by atoms with Crippen LogP contribution in [0.1, 0.15) is 17.2 Å². The second-order valence-electron chi connectivity index (χ2n) is 6.36. The van der Waals surface area contributed by atoms with Crippen LogP contribution >= 0.6 is 0 Å². The van der Waals surface area contributed by atoms with Gasteiger partial charge in [0.05, 0.1) is 18.7 Å². The Morgan fingerprint density at radius 2 is 1.92 bits per heavy atom. The van der Waals surface area contributed by atoms with E-state index in [9.17, 15) is 5.11 Å². The maximum Gasteiger partial charge on any atom is 0.124 e. The van der Waals surface area contributed by atoms with Crippen molar-refractivity contribution >= 4 is 11.2 Å². The van der Waals surface area contributed by atoms with E-state index in [1.54, 1.807) is 13.2 Å². The lowest BCUT2D eigenvalue weighted by Gasteiger charge is -2.20. The molecule has 0 spiro atoms. The third kappa shape index (κ3) is 2.07. The van der Waals surface area contributed by atoms with Crippen molar-refractivity contribution in [3.05, 3.63) is 78.1 Å². The van der Waals surface area contributed by atoms with Crippen LogP contribution in [0.5, 0.6) is 11.5 Å². The number of nitrogens with one attached hydrogen (secondary N) is 1. The normalized spacial score (nSPS) is 15.2. The zero-order chi connectivity index (χ0) is 17.7. The number of methoxy groups -OCH3 is 1. The minimum absolute atomic E-state index is 0.197. The summed E-state index contributed by atoms with van der Waals surface area (Å²) in [7, 11) is 1.59. The molecule has 0 amide bonds. The van der Waals surface area contributed by atoms with Gasteiger partial charge in [-0.1, -0.05) is 18.2 Å². The molecule has 2 aromatic carbocycles. The zero-order valence-electron chi connectivity index (χ0n) is 14.2. The molecule has 0 saturated heterocycles. The molecule has 2 N–H and O–H groups in total. The molecule has 1 aliphatic heterocycles. The molecule has 0 fully saturated rings. The number of benzene rings is 2. The molecule has 1 unspecified atom stereocenters. The molecule has 0 bridgehead atoms. The quantitative estimate of drug-likeness (QED) is 0.572. The van der Waals surface area contributed by atoms with Crippen LogP contribution in [0, 0.1) is 0 Å². The Hall–Kier alpha value is -3.47. The van der Waals surface area contributed by atoms with E-state index < -0.39 is 0 Å². The molecule has 5 rings (SSSR count). The maximum atomic E-state index is 10.6. The average Bonchev–Trinajstić information content (AvgIpc) is 3.04. The number of anilines is 1.